The number of carbonyl (C=O) groups is 1. The highest BCUT2D eigenvalue weighted by atomic mass is 79.9. The van der Waals surface area contributed by atoms with Crippen LogP contribution in [0.1, 0.15) is 18.2 Å². The van der Waals surface area contributed by atoms with E-state index in [1.807, 2.05) is 0 Å². The summed E-state index contributed by atoms with van der Waals surface area (Å²) < 4.78 is 4.89. The molecule has 0 aromatic carbocycles. The van der Waals surface area contributed by atoms with Crippen molar-refractivity contribution in [2.75, 3.05) is 7.11 Å². The SMILES string of the molecule is COC(=O)CC(O)C(O)c1cnc(Br)cn1. The molecule has 1 aromatic rings. The van der Waals surface area contributed by atoms with E-state index in [4.69, 9.17) is 0 Å². The Bertz CT molecular complexity index is 357. The third-order valence-electron chi connectivity index (χ3n) is 1.91. The Kier molecular flexibility index (Phi) is 4.78. The maximum atomic E-state index is 10.9. The number of aliphatic hydroxyl groups is 2. The van der Waals surface area contributed by atoms with E-state index >= 15 is 0 Å². The summed E-state index contributed by atoms with van der Waals surface area (Å²) in [6.07, 6.45) is -0.115. The molecule has 2 unspecified atom stereocenters. The van der Waals surface area contributed by atoms with Crippen LogP contribution in [0, 0.1) is 0 Å². The fraction of sp³-hybridized carbons (Fsp3) is 0.444. The molecule has 88 valence electrons. The number of rotatable bonds is 4. The first-order valence-corrected chi connectivity index (χ1v) is 5.24. The van der Waals surface area contributed by atoms with Crippen LogP contribution in [0.15, 0.2) is 17.0 Å². The third-order valence-corrected chi connectivity index (χ3v) is 2.32. The van der Waals surface area contributed by atoms with Crippen LogP contribution in [0.4, 0.5) is 0 Å². The molecule has 1 rings (SSSR count). The van der Waals surface area contributed by atoms with Gasteiger partial charge in [-0.3, -0.25) is 9.78 Å². The Hall–Kier alpha value is -1.05. The summed E-state index contributed by atoms with van der Waals surface area (Å²) >= 11 is 3.09. The first kappa shape index (κ1) is 13.0. The van der Waals surface area contributed by atoms with Crippen molar-refractivity contribution in [3.05, 3.63) is 22.7 Å². The van der Waals surface area contributed by atoms with E-state index in [2.05, 4.69) is 30.6 Å². The Labute approximate surface area is 100 Å². The first-order valence-electron chi connectivity index (χ1n) is 4.45. The molecule has 0 aliphatic heterocycles. The van der Waals surface area contributed by atoms with Crippen LogP contribution in [0.25, 0.3) is 0 Å². The summed E-state index contributed by atoms with van der Waals surface area (Å²) in [6, 6.07) is 0. The second-order valence-corrected chi connectivity index (χ2v) is 3.87. The van der Waals surface area contributed by atoms with Gasteiger partial charge in [0.15, 0.2) is 0 Å². The fourth-order valence-corrected chi connectivity index (χ4v) is 1.24. The molecule has 1 aromatic heterocycles. The zero-order valence-corrected chi connectivity index (χ0v) is 10.1. The predicted molar refractivity (Wildman–Crippen MR) is 57.3 cm³/mol. The molecular weight excluding hydrogens is 280 g/mol. The molecule has 0 bridgehead atoms. The normalized spacial score (nSPS) is 14.2. The van der Waals surface area contributed by atoms with E-state index in [0.29, 0.717) is 4.60 Å². The summed E-state index contributed by atoms with van der Waals surface area (Å²) in [7, 11) is 1.21. The van der Waals surface area contributed by atoms with Crippen molar-refractivity contribution in [3.63, 3.8) is 0 Å². The Morgan fingerprint density at radius 1 is 1.50 bits per heavy atom. The molecule has 0 spiro atoms. The maximum Gasteiger partial charge on any atom is 0.308 e. The molecule has 0 radical (unpaired) electrons. The van der Waals surface area contributed by atoms with Gasteiger partial charge in [-0.15, -0.1) is 0 Å². The molecule has 0 aliphatic carbocycles. The molecule has 7 heteroatoms. The smallest absolute Gasteiger partial charge is 0.308 e. The number of carbonyl (C=O) groups excluding carboxylic acids is 1. The summed E-state index contributed by atoms with van der Waals surface area (Å²) in [6.45, 7) is 0. The van der Waals surface area contributed by atoms with Gasteiger partial charge in [0.1, 0.15) is 10.7 Å². The highest BCUT2D eigenvalue weighted by molar-refractivity contribution is 9.10. The molecule has 6 nitrogen and oxygen atoms in total. The second kappa shape index (κ2) is 5.88. The number of aliphatic hydroxyl groups excluding tert-OH is 2. The monoisotopic (exact) mass is 290 g/mol. The molecule has 2 N–H and O–H groups in total. The predicted octanol–water partition coefficient (Wildman–Crippen LogP) is 0.197. The molecule has 0 saturated heterocycles. The number of methoxy groups -OCH3 is 1. The van der Waals surface area contributed by atoms with E-state index in [1.165, 1.54) is 19.5 Å². The van der Waals surface area contributed by atoms with Crippen molar-refractivity contribution in [3.8, 4) is 0 Å². The summed E-state index contributed by atoms with van der Waals surface area (Å²) in [4.78, 5) is 18.6. The van der Waals surface area contributed by atoms with Crippen molar-refractivity contribution >= 4 is 21.9 Å². The Morgan fingerprint density at radius 2 is 2.19 bits per heavy atom. The van der Waals surface area contributed by atoms with Crippen LogP contribution in [0.2, 0.25) is 0 Å². The van der Waals surface area contributed by atoms with Crippen LogP contribution in [0.3, 0.4) is 0 Å². The van der Waals surface area contributed by atoms with Gasteiger partial charge in [-0.1, -0.05) is 0 Å². The van der Waals surface area contributed by atoms with Crippen LogP contribution >= 0.6 is 15.9 Å². The lowest BCUT2D eigenvalue weighted by molar-refractivity contribution is -0.144. The van der Waals surface area contributed by atoms with E-state index in [1.54, 1.807) is 0 Å². The highest BCUT2D eigenvalue weighted by Gasteiger charge is 2.23. The first-order chi connectivity index (χ1) is 7.54. The van der Waals surface area contributed by atoms with Gasteiger partial charge in [0.25, 0.3) is 0 Å². The second-order valence-electron chi connectivity index (χ2n) is 3.06. The van der Waals surface area contributed by atoms with Crippen molar-refractivity contribution in [2.45, 2.75) is 18.6 Å². The van der Waals surface area contributed by atoms with E-state index < -0.39 is 18.2 Å². The number of ether oxygens (including phenoxy) is 1. The van der Waals surface area contributed by atoms with E-state index in [-0.39, 0.29) is 12.1 Å². The van der Waals surface area contributed by atoms with Gasteiger partial charge in [0, 0.05) is 0 Å². The van der Waals surface area contributed by atoms with E-state index in [0.717, 1.165) is 0 Å². The Morgan fingerprint density at radius 3 is 2.69 bits per heavy atom. The number of hydrogen-bond acceptors (Lipinski definition) is 6. The lowest BCUT2D eigenvalue weighted by Crippen LogP contribution is -2.23. The lowest BCUT2D eigenvalue weighted by atomic mass is 10.1. The standard InChI is InChI=1S/C9H11BrN2O4/c1-16-8(14)2-6(13)9(15)5-3-12-7(10)4-11-5/h3-4,6,9,13,15H,2H2,1H3. The van der Waals surface area contributed by atoms with Crippen molar-refractivity contribution in [1.29, 1.82) is 0 Å². The van der Waals surface area contributed by atoms with Crippen molar-refractivity contribution in [1.82, 2.24) is 9.97 Å². The molecule has 0 fully saturated rings. The van der Waals surface area contributed by atoms with Crippen LogP contribution in [0.5, 0.6) is 0 Å². The zero-order chi connectivity index (χ0) is 12.1. The molecule has 2 atom stereocenters. The van der Waals surface area contributed by atoms with Crippen LogP contribution < -0.4 is 0 Å². The average Bonchev–Trinajstić information content (AvgIpc) is 2.28. The summed E-state index contributed by atoms with van der Waals surface area (Å²) in [5, 5.41) is 19.2. The van der Waals surface area contributed by atoms with Gasteiger partial charge in [0.05, 0.1) is 37.7 Å². The van der Waals surface area contributed by atoms with Crippen molar-refractivity contribution in [2.24, 2.45) is 0 Å². The maximum absolute atomic E-state index is 10.9. The molecule has 1 heterocycles. The van der Waals surface area contributed by atoms with Gasteiger partial charge in [-0.25, -0.2) is 4.98 Å². The van der Waals surface area contributed by atoms with Crippen LogP contribution in [-0.4, -0.2) is 39.4 Å². The third kappa shape index (κ3) is 3.51. The van der Waals surface area contributed by atoms with Crippen molar-refractivity contribution < 1.29 is 19.7 Å². The summed E-state index contributed by atoms with van der Waals surface area (Å²) in [5.74, 6) is -0.600. The molecule has 0 amide bonds. The number of esters is 1. The van der Waals surface area contributed by atoms with Gasteiger partial charge >= 0.3 is 5.97 Å². The average molecular weight is 291 g/mol. The Balaban J connectivity index is 2.66. The molecule has 0 aliphatic rings. The van der Waals surface area contributed by atoms with Crippen LogP contribution in [-0.2, 0) is 9.53 Å². The quantitative estimate of drug-likeness (QED) is 0.770. The number of aromatic nitrogens is 2. The van der Waals surface area contributed by atoms with Gasteiger partial charge in [0.2, 0.25) is 0 Å². The minimum absolute atomic E-state index is 0.194. The zero-order valence-electron chi connectivity index (χ0n) is 8.50. The number of hydrogen-bond donors (Lipinski definition) is 2. The fourth-order valence-electron chi connectivity index (χ4n) is 1.04. The minimum Gasteiger partial charge on any atom is -0.469 e. The molecular formula is C9H11BrN2O4. The summed E-state index contributed by atoms with van der Waals surface area (Å²) in [5.41, 5.74) is 0.194. The van der Waals surface area contributed by atoms with Gasteiger partial charge in [-0.05, 0) is 15.9 Å². The topological polar surface area (TPSA) is 92.5 Å². The van der Waals surface area contributed by atoms with E-state index in [9.17, 15) is 15.0 Å². The largest absolute Gasteiger partial charge is 0.469 e. The van der Waals surface area contributed by atoms with Gasteiger partial charge < -0.3 is 14.9 Å². The minimum atomic E-state index is -1.26. The molecule has 0 saturated carbocycles. The number of nitrogens with zero attached hydrogens (tertiary/aromatic N) is 2. The highest BCUT2D eigenvalue weighted by Crippen LogP contribution is 2.17. The van der Waals surface area contributed by atoms with Gasteiger partial charge in [-0.2, -0.15) is 0 Å². The number of halogens is 1. The lowest BCUT2D eigenvalue weighted by Gasteiger charge is -2.15. The molecule has 16 heavy (non-hydrogen) atoms.